The molecule has 2 aliphatic heterocycles. The van der Waals surface area contributed by atoms with Crippen LogP contribution < -0.4 is 5.32 Å². The predicted molar refractivity (Wildman–Crippen MR) is 124 cm³/mol. The number of amides is 1. The summed E-state index contributed by atoms with van der Waals surface area (Å²) in [6, 6.07) is 7.35. The first-order valence-corrected chi connectivity index (χ1v) is 13.8. The summed E-state index contributed by atoms with van der Waals surface area (Å²) in [6.07, 6.45) is -1.21. The number of aliphatic hydroxyl groups is 1. The maximum atomic E-state index is 13.3. The number of carbonyl (C=O) groups is 1. The molecule has 10 nitrogen and oxygen atoms in total. The SMILES string of the molecule is Cc1ccc(NC(=O)[C@@H]2C[C@@H](O)CN2S(=O)(=O)c2ccc(F)cc2)cc1S(=O)(=O)N1CCOCC1. The minimum absolute atomic E-state index is 0.0273. The molecular formula is C22H26FN3O7S2. The summed E-state index contributed by atoms with van der Waals surface area (Å²) >= 11 is 0. The zero-order chi connectivity index (χ0) is 25.4. The molecule has 2 fully saturated rings. The first kappa shape index (κ1) is 25.7. The summed E-state index contributed by atoms with van der Waals surface area (Å²) in [5.41, 5.74) is 0.666. The number of rotatable bonds is 6. The van der Waals surface area contributed by atoms with E-state index in [0.717, 1.165) is 28.6 Å². The van der Waals surface area contributed by atoms with Gasteiger partial charge < -0.3 is 15.2 Å². The minimum atomic E-state index is -4.20. The lowest BCUT2D eigenvalue weighted by molar-refractivity contribution is -0.119. The van der Waals surface area contributed by atoms with Crippen LogP contribution >= 0.6 is 0 Å². The largest absolute Gasteiger partial charge is 0.392 e. The molecule has 0 aromatic heterocycles. The number of nitrogens with one attached hydrogen (secondary N) is 1. The maximum Gasteiger partial charge on any atom is 0.243 e. The van der Waals surface area contributed by atoms with Crippen molar-refractivity contribution in [3.63, 3.8) is 0 Å². The van der Waals surface area contributed by atoms with Gasteiger partial charge in [0.05, 0.1) is 29.1 Å². The normalized spacial score (nSPS) is 22.3. The Morgan fingerprint density at radius 1 is 1.06 bits per heavy atom. The Labute approximate surface area is 203 Å². The van der Waals surface area contributed by atoms with Crippen molar-refractivity contribution >= 4 is 31.6 Å². The predicted octanol–water partition coefficient (Wildman–Crippen LogP) is 0.918. The van der Waals surface area contributed by atoms with Crippen molar-refractivity contribution in [2.75, 3.05) is 38.2 Å². The van der Waals surface area contributed by atoms with Gasteiger partial charge in [-0.2, -0.15) is 8.61 Å². The van der Waals surface area contributed by atoms with Gasteiger partial charge in [-0.05, 0) is 48.9 Å². The van der Waals surface area contributed by atoms with Crippen LogP contribution in [0.3, 0.4) is 0 Å². The number of morpholine rings is 1. The van der Waals surface area contributed by atoms with Crippen LogP contribution in [0.15, 0.2) is 52.3 Å². The van der Waals surface area contributed by atoms with E-state index in [1.807, 2.05) is 0 Å². The van der Waals surface area contributed by atoms with E-state index in [4.69, 9.17) is 4.74 Å². The average molecular weight is 528 g/mol. The van der Waals surface area contributed by atoms with E-state index in [-0.39, 0.29) is 54.7 Å². The molecule has 0 spiro atoms. The molecule has 2 aromatic carbocycles. The second-order valence-electron chi connectivity index (χ2n) is 8.42. The Balaban J connectivity index is 1.58. The fourth-order valence-corrected chi connectivity index (χ4v) is 7.43. The highest BCUT2D eigenvalue weighted by molar-refractivity contribution is 7.89. The lowest BCUT2D eigenvalue weighted by atomic mass is 10.2. The minimum Gasteiger partial charge on any atom is -0.392 e. The summed E-state index contributed by atoms with van der Waals surface area (Å²) in [6.45, 7) is 2.35. The molecule has 0 radical (unpaired) electrons. The maximum absolute atomic E-state index is 13.3. The van der Waals surface area contributed by atoms with Gasteiger partial charge in [0, 0.05) is 31.7 Å². The Morgan fingerprint density at radius 3 is 2.37 bits per heavy atom. The summed E-state index contributed by atoms with van der Waals surface area (Å²) in [4.78, 5) is 12.9. The molecule has 0 bridgehead atoms. The first-order chi connectivity index (χ1) is 16.5. The van der Waals surface area contributed by atoms with Gasteiger partial charge in [-0.25, -0.2) is 21.2 Å². The van der Waals surface area contributed by atoms with Crippen molar-refractivity contribution in [3.8, 4) is 0 Å². The quantitative estimate of drug-likeness (QED) is 0.571. The van der Waals surface area contributed by atoms with Gasteiger partial charge in [0.25, 0.3) is 0 Å². The number of ether oxygens (including phenoxy) is 1. The highest BCUT2D eigenvalue weighted by Gasteiger charge is 2.43. The molecule has 0 unspecified atom stereocenters. The number of aliphatic hydroxyl groups excluding tert-OH is 1. The van der Waals surface area contributed by atoms with E-state index in [1.165, 1.54) is 16.4 Å². The zero-order valence-corrected chi connectivity index (χ0v) is 20.6. The van der Waals surface area contributed by atoms with E-state index in [1.54, 1.807) is 13.0 Å². The van der Waals surface area contributed by atoms with Gasteiger partial charge in [-0.1, -0.05) is 6.07 Å². The highest BCUT2D eigenvalue weighted by Crippen LogP contribution is 2.29. The van der Waals surface area contributed by atoms with E-state index >= 15 is 0 Å². The number of β-amino-alcohol motifs (C(OH)–C–C–N with tert-alkyl or cyclic N) is 1. The number of hydrogen-bond donors (Lipinski definition) is 2. The molecule has 1 amide bonds. The summed E-state index contributed by atoms with van der Waals surface area (Å²) in [5, 5.41) is 12.7. The molecule has 35 heavy (non-hydrogen) atoms. The Bertz CT molecular complexity index is 1310. The van der Waals surface area contributed by atoms with Crippen molar-refractivity contribution < 1.29 is 35.9 Å². The summed E-state index contributed by atoms with van der Waals surface area (Å²) in [5.74, 6) is -1.33. The van der Waals surface area contributed by atoms with Gasteiger partial charge >= 0.3 is 0 Å². The highest BCUT2D eigenvalue weighted by atomic mass is 32.2. The van der Waals surface area contributed by atoms with Crippen LogP contribution in [0.25, 0.3) is 0 Å². The van der Waals surface area contributed by atoms with Gasteiger partial charge in [-0.3, -0.25) is 4.79 Å². The Hall–Kier alpha value is -2.42. The van der Waals surface area contributed by atoms with Crippen molar-refractivity contribution in [2.24, 2.45) is 0 Å². The molecule has 13 heteroatoms. The lowest BCUT2D eigenvalue weighted by Gasteiger charge is -2.27. The van der Waals surface area contributed by atoms with Gasteiger partial charge in [0.2, 0.25) is 26.0 Å². The molecule has 2 atom stereocenters. The second-order valence-corrected chi connectivity index (χ2v) is 12.2. The van der Waals surface area contributed by atoms with Crippen LogP contribution in [0, 0.1) is 12.7 Å². The lowest BCUT2D eigenvalue weighted by Crippen LogP contribution is -2.43. The molecular weight excluding hydrogens is 501 g/mol. The molecule has 2 N–H and O–H groups in total. The van der Waals surface area contributed by atoms with E-state index in [0.29, 0.717) is 5.56 Å². The van der Waals surface area contributed by atoms with Crippen LogP contribution in [-0.2, 0) is 29.6 Å². The van der Waals surface area contributed by atoms with E-state index in [9.17, 15) is 31.1 Å². The van der Waals surface area contributed by atoms with Crippen LogP contribution in [0.1, 0.15) is 12.0 Å². The van der Waals surface area contributed by atoms with Crippen LogP contribution in [0.2, 0.25) is 0 Å². The number of benzene rings is 2. The number of anilines is 1. The standard InChI is InChI=1S/C22H26FN3O7S2/c1-15-2-5-17(12-21(15)35(31,32)25-8-10-33-11-9-25)24-22(28)20-13-18(27)14-26(20)34(29,30)19-6-3-16(23)4-7-19/h2-7,12,18,20,27H,8-11,13-14H2,1H3,(H,24,28)/t18-,20+/m1/s1. The third-order valence-electron chi connectivity index (χ3n) is 6.00. The summed E-state index contributed by atoms with van der Waals surface area (Å²) < 4.78 is 73.1. The second kappa shape index (κ2) is 9.91. The fraction of sp³-hybridized carbons (Fsp3) is 0.409. The fourth-order valence-electron chi connectivity index (χ4n) is 4.14. The van der Waals surface area contributed by atoms with Crippen molar-refractivity contribution in [1.29, 1.82) is 0 Å². The molecule has 2 heterocycles. The monoisotopic (exact) mass is 527 g/mol. The van der Waals surface area contributed by atoms with E-state index in [2.05, 4.69) is 5.32 Å². The average Bonchev–Trinajstić information content (AvgIpc) is 3.24. The van der Waals surface area contributed by atoms with Crippen LogP contribution in [-0.4, -0.2) is 81.5 Å². The summed E-state index contributed by atoms with van der Waals surface area (Å²) in [7, 11) is -8.02. The number of nitrogens with zero attached hydrogens (tertiary/aromatic N) is 2. The Kier molecular flexibility index (Phi) is 7.27. The number of hydrogen-bond acceptors (Lipinski definition) is 7. The molecule has 2 saturated heterocycles. The van der Waals surface area contributed by atoms with Crippen molar-refractivity contribution in [3.05, 3.63) is 53.8 Å². The van der Waals surface area contributed by atoms with E-state index < -0.39 is 43.9 Å². The molecule has 2 aliphatic rings. The van der Waals surface area contributed by atoms with Crippen molar-refractivity contribution in [2.45, 2.75) is 35.3 Å². The molecule has 0 saturated carbocycles. The smallest absolute Gasteiger partial charge is 0.243 e. The third kappa shape index (κ3) is 5.25. The Morgan fingerprint density at radius 2 is 1.71 bits per heavy atom. The van der Waals surface area contributed by atoms with Crippen LogP contribution in [0.5, 0.6) is 0 Å². The zero-order valence-electron chi connectivity index (χ0n) is 18.9. The number of sulfonamides is 2. The van der Waals surface area contributed by atoms with Crippen LogP contribution in [0.4, 0.5) is 10.1 Å². The first-order valence-electron chi connectivity index (χ1n) is 10.9. The van der Waals surface area contributed by atoms with Crippen molar-refractivity contribution in [1.82, 2.24) is 8.61 Å². The van der Waals surface area contributed by atoms with Gasteiger partial charge in [0.15, 0.2) is 0 Å². The topological polar surface area (TPSA) is 133 Å². The molecule has 0 aliphatic carbocycles. The van der Waals surface area contributed by atoms with Gasteiger partial charge in [0.1, 0.15) is 11.9 Å². The van der Waals surface area contributed by atoms with Gasteiger partial charge in [-0.15, -0.1) is 0 Å². The molecule has 4 rings (SSSR count). The number of halogens is 1. The number of carbonyl (C=O) groups excluding carboxylic acids is 1. The molecule has 190 valence electrons. The molecule has 2 aromatic rings. The third-order valence-corrected chi connectivity index (χ3v) is 9.93. The number of aryl methyl sites for hydroxylation is 1.